The van der Waals surface area contributed by atoms with Gasteiger partial charge < -0.3 is 0 Å². The van der Waals surface area contributed by atoms with Gasteiger partial charge in [0.15, 0.2) is 0 Å². The maximum atomic E-state index is 11.3. The first-order valence-electron chi connectivity index (χ1n) is 4.11. The Morgan fingerprint density at radius 1 is 1.57 bits per heavy atom. The lowest BCUT2D eigenvalue weighted by atomic mass is 10.2. The molecule has 0 spiro atoms. The second-order valence-electron chi connectivity index (χ2n) is 3.52. The van der Waals surface area contributed by atoms with E-state index in [1.54, 1.807) is 11.3 Å². The lowest BCUT2D eigenvalue weighted by molar-refractivity contribution is 0.590. The van der Waals surface area contributed by atoms with Crippen LogP contribution in [0.5, 0.6) is 0 Å². The minimum Gasteiger partial charge on any atom is -0.212 e. The smallest absolute Gasteiger partial charge is 0.212 e. The van der Waals surface area contributed by atoms with E-state index in [1.165, 1.54) is 0 Å². The lowest BCUT2D eigenvalue weighted by Crippen LogP contribution is -2.20. The number of halogens is 2. The van der Waals surface area contributed by atoms with E-state index in [0.29, 0.717) is 19.3 Å². The van der Waals surface area contributed by atoms with Crippen molar-refractivity contribution in [3.8, 4) is 0 Å². The summed E-state index contributed by atoms with van der Waals surface area (Å²) in [7, 11) is 1.99. The molecule has 0 N–H and O–H groups in total. The summed E-state index contributed by atoms with van der Waals surface area (Å²) in [4.78, 5) is 0. The standard InChI is InChI=1S/C8H8BrClO2S2/c9-7-6(1-4-13-7)5-8(2-3-8)14(10,11)12/h1,4H,2-3,5H2. The van der Waals surface area contributed by atoms with E-state index >= 15 is 0 Å². The van der Waals surface area contributed by atoms with Crippen molar-refractivity contribution in [1.82, 2.24) is 0 Å². The van der Waals surface area contributed by atoms with Crippen LogP contribution in [0.25, 0.3) is 0 Å². The fraction of sp³-hybridized carbons (Fsp3) is 0.500. The maximum absolute atomic E-state index is 11.3. The number of thiophene rings is 1. The van der Waals surface area contributed by atoms with Crippen LogP contribution in [0.3, 0.4) is 0 Å². The second kappa shape index (κ2) is 3.47. The topological polar surface area (TPSA) is 34.1 Å². The van der Waals surface area contributed by atoms with E-state index in [4.69, 9.17) is 10.7 Å². The van der Waals surface area contributed by atoms with E-state index in [9.17, 15) is 8.42 Å². The Morgan fingerprint density at radius 3 is 2.57 bits per heavy atom. The van der Waals surface area contributed by atoms with Gasteiger partial charge in [-0.2, -0.15) is 0 Å². The van der Waals surface area contributed by atoms with E-state index in [1.807, 2.05) is 11.4 Å². The highest BCUT2D eigenvalue weighted by Gasteiger charge is 2.53. The molecule has 0 saturated heterocycles. The van der Waals surface area contributed by atoms with Crippen molar-refractivity contribution < 1.29 is 8.42 Å². The van der Waals surface area contributed by atoms with Crippen LogP contribution in [0.4, 0.5) is 0 Å². The quantitative estimate of drug-likeness (QED) is 0.803. The average Bonchev–Trinajstić information content (AvgIpc) is 2.73. The molecule has 1 saturated carbocycles. The zero-order valence-corrected chi connectivity index (χ0v) is 11.1. The molecule has 2 rings (SSSR count). The molecule has 0 aliphatic heterocycles. The first-order chi connectivity index (χ1) is 6.45. The van der Waals surface area contributed by atoms with Gasteiger partial charge in [0.05, 0.1) is 8.53 Å². The van der Waals surface area contributed by atoms with Crippen molar-refractivity contribution >= 4 is 47.0 Å². The Hall–Kier alpha value is 0.420. The number of rotatable bonds is 3. The highest BCUT2D eigenvalue weighted by Crippen LogP contribution is 2.49. The molecular weight excluding hydrogens is 308 g/mol. The van der Waals surface area contributed by atoms with Gasteiger partial charge in [-0.15, -0.1) is 11.3 Å². The van der Waals surface area contributed by atoms with Gasteiger partial charge in [-0.3, -0.25) is 0 Å². The van der Waals surface area contributed by atoms with E-state index in [0.717, 1.165) is 9.35 Å². The van der Waals surface area contributed by atoms with Crippen molar-refractivity contribution in [3.63, 3.8) is 0 Å². The normalized spacial score (nSPS) is 19.6. The first kappa shape index (κ1) is 10.9. The van der Waals surface area contributed by atoms with E-state index < -0.39 is 13.8 Å². The molecule has 14 heavy (non-hydrogen) atoms. The van der Waals surface area contributed by atoms with Crippen LogP contribution < -0.4 is 0 Å². The third-order valence-corrected chi connectivity index (χ3v) is 6.91. The van der Waals surface area contributed by atoms with E-state index in [2.05, 4.69) is 15.9 Å². The summed E-state index contributed by atoms with van der Waals surface area (Å²) in [5, 5.41) is 1.94. The average molecular weight is 316 g/mol. The van der Waals surface area contributed by atoms with Crippen molar-refractivity contribution in [3.05, 3.63) is 20.8 Å². The molecule has 1 aliphatic carbocycles. The molecule has 0 atom stereocenters. The Bertz CT molecular complexity index is 448. The summed E-state index contributed by atoms with van der Waals surface area (Å²) >= 11 is 4.96. The van der Waals surface area contributed by atoms with Gasteiger partial charge in [-0.05, 0) is 52.2 Å². The molecule has 0 bridgehead atoms. The molecule has 1 fully saturated rings. The number of hydrogen-bond donors (Lipinski definition) is 0. The van der Waals surface area contributed by atoms with Gasteiger partial charge in [-0.1, -0.05) is 0 Å². The van der Waals surface area contributed by atoms with Crippen molar-refractivity contribution in [2.75, 3.05) is 0 Å². The summed E-state index contributed by atoms with van der Waals surface area (Å²) in [5.74, 6) is 0. The van der Waals surface area contributed by atoms with Crippen LogP contribution in [-0.4, -0.2) is 13.2 Å². The van der Waals surface area contributed by atoms with Crippen LogP contribution in [0.2, 0.25) is 0 Å². The minimum atomic E-state index is -3.43. The first-order valence-corrected chi connectivity index (χ1v) is 8.09. The molecule has 1 aromatic heterocycles. The summed E-state index contributed by atoms with van der Waals surface area (Å²) in [6, 6.07) is 1.94. The lowest BCUT2D eigenvalue weighted by Gasteiger charge is -2.09. The van der Waals surface area contributed by atoms with Crippen LogP contribution in [0.15, 0.2) is 15.2 Å². The monoisotopic (exact) mass is 314 g/mol. The third-order valence-electron chi connectivity index (χ3n) is 2.53. The third kappa shape index (κ3) is 1.87. The Kier molecular flexibility index (Phi) is 2.71. The number of hydrogen-bond acceptors (Lipinski definition) is 3. The van der Waals surface area contributed by atoms with Crippen LogP contribution >= 0.6 is 37.9 Å². The molecule has 0 unspecified atom stereocenters. The van der Waals surface area contributed by atoms with Gasteiger partial charge in [0, 0.05) is 10.7 Å². The predicted octanol–water partition coefficient (Wildman–Crippen LogP) is 3.15. The minimum absolute atomic E-state index is 0.531. The fourth-order valence-electron chi connectivity index (χ4n) is 1.44. The molecule has 6 heteroatoms. The zero-order chi connectivity index (χ0) is 10.4. The van der Waals surface area contributed by atoms with Gasteiger partial charge in [0.2, 0.25) is 9.05 Å². The molecule has 1 aliphatic rings. The summed E-state index contributed by atoms with van der Waals surface area (Å²) < 4.78 is 22.9. The largest absolute Gasteiger partial charge is 0.238 e. The Labute approximate surface area is 99.8 Å². The molecule has 1 aromatic rings. The van der Waals surface area contributed by atoms with Crippen LogP contribution in [-0.2, 0) is 15.5 Å². The highest BCUT2D eigenvalue weighted by molar-refractivity contribution is 9.11. The fourth-order valence-corrected chi connectivity index (χ4v) is 4.22. The van der Waals surface area contributed by atoms with Crippen LogP contribution in [0.1, 0.15) is 18.4 Å². The van der Waals surface area contributed by atoms with Gasteiger partial charge in [0.1, 0.15) is 0 Å². The maximum Gasteiger partial charge on any atom is 0.238 e. The molecule has 1 heterocycles. The summed E-state index contributed by atoms with van der Waals surface area (Å²) in [6.45, 7) is 0. The van der Waals surface area contributed by atoms with Gasteiger partial charge in [-0.25, -0.2) is 8.42 Å². The van der Waals surface area contributed by atoms with Crippen LogP contribution in [0, 0.1) is 0 Å². The molecule has 0 aromatic carbocycles. The van der Waals surface area contributed by atoms with Gasteiger partial charge >= 0.3 is 0 Å². The summed E-state index contributed by atoms with van der Waals surface area (Å²) in [6.07, 6.45) is 1.89. The highest BCUT2D eigenvalue weighted by atomic mass is 79.9. The molecular formula is C8H8BrClO2S2. The zero-order valence-electron chi connectivity index (χ0n) is 7.16. The van der Waals surface area contributed by atoms with Crippen molar-refractivity contribution in [2.45, 2.75) is 24.0 Å². The molecule has 2 nitrogen and oxygen atoms in total. The summed E-state index contributed by atoms with van der Waals surface area (Å²) in [5.41, 5.74) is 1.04. The predicted molar refractivity (Wildman–Crippen MR) is 62.5 cm³/mol. The van der Waals surface area contributed by atoms with E-state index in [-0.39, 0.29) is 0 Å². The Morgan fingerprint density at radius 2 is 2.21 bits per heavy atom. The SMILES string of the molecule is O=S(=O)(Cl)C1(Cc2ccsc2Br)CC1. The molecule has 78 valence electrons. The molecule has 0 amide bonds. The van der Waals surface area contributed by atoms with Crippen molar-refractivity contribution in [2.24, 2.45) is 0 Å². The van der Waals surface area contributed by atoms with Crippen molar-refractivity contribution in [1.29, 1.82) is 0 Å². The second-order valence-corrected chi connectivity index (χ2v) is 8.71. The Balaban J connectivity index is 2.25. The molecule has 0 radical (unpaired) electrons. The van der Waals surface area contributed by atoms with Gasteiger partial charge in [0.25, 0.3) is 0 Å².